The Hall–Kier alpha value is -0.900. The molecule has 4 heteroatoms. The molecule has 0 saturated carbocycles. The zero-order valence-corrected chi connectivity index (χ0v) is 10.3. The predicted molar refractivity (Wildman–Crippen MR) is 60.7 cm³/mol. The molecular formula is C12H15FO2S. The molecule has 88 valence electrons. The minimum absolute atomic E-state index is 0.0612. The summed E-state index contributed by atoms with van der Waals surface area (Å²) in [6.07, 6.45) is 3.06. The van der Waals surface area contributed by atoms with E-state index in [4.69, 9.17) is 0 Å². The van der Waals surface area contributed by atoms with Crippen LogP contribution in [0, 0.1) is 0 Å². The summed E-state index contributed by atoms with van der Waals surface area (Å²) in [6.45, 7) is 4.14. The first-order valence-corrected chi connectivity index (χ1v) is 6.77. The molecule has 1 aliphatic carbocycles. The molecule has 0 aliphatic heterocycles. The van der Waals surface area contributed by atoms with Gasteiger partial charge in [-0.05, 0) is 47.9 Å². The number of fused-ring (bicyclic) bond motifs is 1. The largest absolute Gasteiger partial charge is 0.332 e. The van der Waals surface area contributed by atoms with Gasteiger partial charge in [0.2, 0.25) is 0 Å². The van der Waals surface area contributed by atoms with Gasteiger partial charge in [-0.15, -0.1) is 3.89 Å². The van der Waals surface area contributed by atoms with E-state index < -0.39 is 10.2 Å². The summed E-state index contributed by atoms with van der Waals surface area (Å²) in [7, 11) is -4.59. The summed E-state index contributed by atoms with van der Waals surface area (Å²) >= 11 is 0. The van der Waals surface area contributed by atoms with Crippen LogP contribution in [0.2, 0.25) is 0 Å². The minimum Gasteiger partial charge on any atom is -0.189 e. The molecule has 1 aromatic rings. The van der Waals surface area contributed by atoms with E-state index in [1.54, 1.807) is 6.07 Å². The number of hydrogen-bond acceptors (Lipinski definition) is 2. The summed E-state index contributed by atoms with van der Waals surface area (Å²) in [5.74, 6) is 0. The maximum absolute atomic E-state index is 12.9. The smallest absolute Gasteiger partial charge is 0.189 e. The Morgan fingerprint density at radius 2 is 2.00 bits per heavy atom. The zero-order chi connectivity index (χ0) is 12.0. The van der Waals surface area contributed by atoms with Crippen molar-refractivity contribution in [3.05, 3.63) is 29.3 Å². The van der Waals surface area contributed by atoms with Crippen molar-refractivity contribution in [2.24, 2.45) is 0 Å². The SMILES string of the molecule is CC1(C)CCCc2ccc(S(=O)(=O)F)cc21. The molecule has 0 unspecified atom stereocenters. The van der Waals surface area contributed by atoms with Gasteiger partial charge in [0.1, 0.15) is 0 Å². The molecule has 0 aromatic heterocycles. The van der Waals surface area contributed by atoms with Crippen LogP contribution in [-0.4, -0.2) is 8.42 Å². The highest BCUT2D eigenvalue weighted by molar-refractivity contribution is 7.86. The van der Waals surface area contributed by atoms with Gasteiger partial charge in [0.05, 0.1) is 4.90 Å². The molecule has 0 amide bonds. The van der Waals surface area contributed by atoms with Crippen LogP contribution < -0.4 is 0 Å². The van der Waals surface area contributed by atoms with Gasteiger partial charge in [0.15, 0.2) is 0 Å². The van der Waals surface area contributed by atoms with Gasteiger partial charge in [-0.3, -0.25) is 0 Å². The fourth-order valence-electron chi connectivity index (χ4n) is 2.41. The fraction of sp³-hybridized carbons (Fsp3) is 0.500. The highest BCUT2D eigenvalue weighted by Crippen LogP contribution is 2.37. The van der Waals surface area contributed by atoms with E-state index in [-0.39, 0.29) is 10.3 Å². The van der Waals surface area contributed by atoms with Crippen molar-refractivity contribution in [3.8, 4) is 0 Å². The van der Waals surface area contributed by atoms with E-state index in [1.165, 1.54) is 12.1 Å². The molecule has 0 bridgehead atoms. The predicted octanol–water partition coefficient (Wildman–Crippen LogP) is 2.96. The summed E-state index contributed by atoms with van der Waals surface area (Å²) < 4.78 is 34.6. The summed E-state index contributed by atoms with van der Waals surface area (Å²) in [6, 6.07) is 4.59. The van der Waals surface area contributed by atoms with E-state index in [9.17, 15) is 12.3 Å². The van der Waals surface area contributed by atoms with Gasteiger partial charge >= 0.3 is 10.2 Å². The first-order valence-electron chi connectivity index (χ1n) is 5.39. The lowest BCUT2D eigenvalue weighted by Crippen LogP contribution is -2.24. The molecule has 0 spiro atoms. The van der Waals surface area contributed by atoms with Crippen LogP contribution in [0.5, 0.6) is 0 Å². The molecule has 1 aliphatic rings. The van der Waals surface area contributed by atoms with Crippen molar-refractivity contribution >= 4 is 10.2 Å². The Morgan fingerprint density at radius 1 is 1.31 bits per heavy atom. The second-order valence-electron chi connectivity index (χ2n) is 4.99. The Bertz CT molecular complexity index is 518. The topological polar surface area (TPSA) is 34.1 Å². The minimum atomic E-state index is -4.59. The highest BCUT2D eigenvalue weighted by Gasteiger charge is 2.28. The molecule has 1 aromatic carbocycles. The fourth-order valence-corrected chi connectivity index (χ4v) is 2.90. The number of rotatable bonds is 1. The van der Waals surface area contributed by atoms with Gasteiger partial charge in [-0.2, -0.15) is 8.42 Å². The Morgan fingerprint density at radius 3 is 2.62 bits per heavy atom. The highest BCUT2D eigenvalue weighted by atomic mass is 32.3. The standard InChI is InChI=1S/C12H15FO2S/c1-12(2)7-3-4-9-5-6-10(8-11(9)12)16(13,14)15/h5-6,8H,3-4,7H2,1-2H3. The van der Waals surface area contributed by atoms with Crippen LogP contribution in [0.25, 0.3) is 0 Å². The third-order valence-electron chi connectivity index (χ3n) is 3.34. The molecule has 0 atom stereocenters. The first kappa shape index (κ1) is 11.6. The Labute approximate surface area is 95.7 Å². The van der Waals surface area contributed by atoms with Crippen molar-refractivity contribution in [2.75, 3.05) is 0 Å². The molecular weight excluding hydrogens is 227 g/mol. The third-order valence-corrected chi connectivity index (χ3v) is 4.16. The van der Waals surface area contributed by atoms with Crippen LogP contribution in [0.1, 0.15) is 37.8 Å². The quantitative estimate of drug-likeness (QED) is 0.709. The first-order chi connectivity index (χ1) is 7.31. The van der Waals surface area contributed by atoms with Gasteiger partial charge in [-0.25, -0.2) is 0 Å². The van der Waals surface area contributed by atoms with Crippen LogP contribution in [-0.2, 0) is 22.1 Å². The lowest BCUT2D eigenvalue weighted by Gasteiger charge is -2.32. The van der Waals surface area contributed by atoms with Crippen LogP contribution in [0.15, 0.2) is 23.1 Å². The number of hydrogen-bond donors (Lipinski definition) is 0. The normalized spacial score (nSPS) is 19.2. The lowest BCUT2D eigenvalue weighted by molar-refractivity contribution is 0.430. The molecule has 0 saturated heterocycles. The van der Waals surface area contributed by atoms with Crippen molar-refractivity contribution < 1.29 is 12.3 Å². The van der Waals surface area contributed by atoms with Crippen LogP contribution >= 0.6 is 0 Å². The van der Waals surface area contributed by atoms with E-state index in [0.29, 0.717) is 0 Å². The van der Waals surface area contributed by atoms with Gasteiger partial charge in [-0.1, -0.05) is 19.9 Å². The van der Waals surface area contributed by atoms with Crippen molar-refractivity contribution in [1.82, 2.24) is 0 Å². The molecule has 0 N–H and O–H groups in total. The Kier molecular flexibility index (Phi) is 2.57. The molecule has 2 rings (SSSR count). The average molecular weight is 242 g/mol. The van der Waals surface area contributed by atoms with E-state index in [1.807, 2.05) is 0 Å². The molecule has 16 heavy (non-hydrogen) atoms. The molecule has 0 heterocycles. The third kappa shape index (κ3) is 1.98. The molecule has 2 nitrogen and oxygen atoms in total. The van der Waals surface area contributed by atoms with E-state index >= 15 is 0 Å². The number of aryl methyl sites for hydroxylation is 1. The summed E-state index contributed by atoms with van der Waals surface area (Å²) in [4.78, 5) is -0.221. The molecule has 0 fully saturated rings. The monoisotopic (exact) mass is 242 g/mol. The zero-order valence-electron chi connectivity index (χ0n) is 9.46. The second-order valence-corrected chi connectivity index (χ2v) is 6.34. The average Bonchev–Trinajstić information content (AvgIpc) is 2.15. The van der Waals surface area contributed by atoms with E-state index in [2.05, 4.69) is 13.8 Å². The summed E-state index contributed by atoms with van der Waals surface area (Å²) in [5.41, 5.74) is 2.05. The van der Waals surface area contributed by atoms with Crippen LogP contribution in [0.3, 0.4) is 0 Å². The summed E-state index contributed by atoms with van der Waals surface area (Å²) in [5, 5.41) is 0. The van der Waals surface area contributed by atoms with Crippen molar-refractivity contribution in [3.63, 3.8) is 0 Å². The Balaban J connectivity index is 2.60. The lowest BCUT2D eigenvalue weighted by atomic mass is 9.73. The van der Waals surface area contributed by atoms with Crippen molar-refractivity contribution in [1.29, 1.82) is 0 Å². The van der Waals surface area contributed by atoms with Gasteiger partial charge < -0.3 is 0 Å². The van der Waals surface area contributed by atoms with Crippen molar-refractivity contribution in [2.45, 2.75) is 43.4 Å². The number of halogens is 1. The van der Waals surface area contributed by atoms with Gasteiger partial charge in [0, 0.05) is 0 Å². The maximum Gasteiger partial charge on any atom is 0.332 e. The molecule has 0 radical (unpaired) electrons. The van der Waals surface area contributed by atoms with Crippen LogP contribution in [0.4, 0.5) is 3.89 Å². The maximum atomic E-state index is 12.9. The second kappa shape index (κ2) is 3.55. The van der Waals surface area contributed by atoms with Gasteiger partial charge in [0.25, 0.3) is 0 Å². The van der Waals surface area contributed by atoms with E-state index in [0.717, 1.165) is 30.4 Å². The number of benzene rings is 1.